The van der Waals surface area contributed by atoms with Gasteiger partial charge in [-0.05, 0) is 13.8 Å². The van der Waals surface area contributed by atoms with Crippen molar-refractivity contribution in [2.24, 2.45) is 0 Å². The maximum atomic E-state index is 12.3. The first kappa shape index (κ1) is 9.85. The van der Waals surface area contributed by atoms with Gasteiger partial charge in [-0.25, -0.2) is 4.39 Å². The summed E-state index contributed by atoms with van der Waals surface area (Å²) >= 11 is 0. The van der Waals surface area contributed by atoms with Crippen molar-refractivity contribution < 1.29 is 14.2 Å². The highest BCUT2D eigenvalue weighted by molar-refractivity contribution is 4.59. The van der Waals surface area contributed by atoms with E-state index in [9.17, 15) is 4.39 Å². The molecule has 0 saturated carbocycles. The molecule has 10 heavy (non-hydrogen) atoms. The van der Waals surface area contributed by atoms with Crippen LogP contribution < -0.4 is 0 Å². The maximum absolute atomic E-state index is 12.3. The Balaban J connectivity index is 3.39. The van der Waals surface area contributed by atoms with Crippen molar-refractivity contribution in [3.63, 3.8) is 0 Å². The lowest BCUT2D eigenvalue weighted by Crippen LogP contribution is -2.21. The molecule has 0 heterocycles. The van der Waals surface area contributed by atoms with E-state index in [4.69, 9.17) is 9.84 Å². The second kappa shape index (κ2) is 5.62. The molecule has 0 radical (unpaired) electrons. The molecule has 0 bridgehead atoms. The molecule has 0 aliphatic rings. The van der Waals surface area contributed by atoms with Crippen LogP contribution in [0.5, 0.6) is 0 Å². The van der Waals surface area contributed by atoms with Crippen LogP contribution in [-0.2, 0) is 4.74 Å². The highest BCUT2D eigenvalue weighted by Crippen LogP contribution is 2.04. The van der Waals surface area contributed by atoms with Gasteiger partial charge in [0.2, 0.25) is 0 Å². The van der Waals surface area contributed by atoms with Gasteiger partial charge in [0, 0.05) is 13.0 Å². The molecule has 0 aromatic heterocycles. The molecule has 0 aromatic carbocycles. The number of ether oxygens (including phenoxy) is 1. The van der Waals surface area contributed by atoms with Crippen molar-refractivity contribution in [1.82, 2.24) is 0 Å². The van der Waals surface area contributed by atoms with E-state index < -0.39 is 6.17 Å². The number of alkyl halides is 1. The van der Waals surface area contributed by atoms with E-state index in [1.165, 1.54) is 6.92 Å². The van der Waals surface area contributed by atoms with E-state index in [-0.39, 0.29) is 19.1 Å². The molecule has 0 spiro atoms. The zero-order valence-corrected chi connectivity index (χ0v) is 6.51. The maximum Gasteiger partial charge on any atom is 0.0999 e. The fourth-order valence-electron chi connectivity index (χ4n) is 0.793. The molecular weight excluding hydrogens is 135 g/mol. The minimum Gasteiger partial charge on any atom is -0.394 e. The van der Waals surface area contributed by atoms with Crippen LogP contribution in [0.4, 0.5) is 4.39 Å². The Bertz CT molecular complexity index is 76.0. The van der Waals surface area contributed by atoms with Crippen LogP contribution in [0.3, 0.4) is 0 Å². The van der Waals surface area contributed by atoms with Gasteiger partial charge >= 0.3 is 0 Å². The molecule has 2 nitrogen and oxygen atoms in total. The quantitative estimate of drug-likeness (QED) is 0.636. The van der Waals surface area contributed by atoms with Crippen molar-refractivity contribution in [2.75, 3.05) is 13.2 Å². The summed E-state index contributed by atoms with van der Waals surface area (Å²) in [7, 11) is 0. The zero-order chi connectivity index (χ0) is 7.98. The van der Waals surface area contributed by atoms with Crippen molar-refractivity contribution in [1.29, 1.82) is 0 Å². The standard InChI is InChI=1S/C7H15FO2/c1-3-10-7(5-9)4-6(2)8/h6-7,9H,3-5H2,1-2H3/t6?,7-/m0/s1. The largest absolute Gasteiger partial charge is 0.394 e. The molecule has 0 aliphatic carbocycles. The first-order chi connectivity index (χ1) is 4.70. The van der Waals surface area contributed by atoms with Crippen molar-refractivity contribution >= 4 is 0 Å². The third-order valence-corrected chi connectivity index (χ3v) is 1.19. The summed E-state index contributed by atoms with van der Waals surface area (Å²) in [6.45, 7) is 3.72. The fourth-order valence-corrected chi connectivity index (χ4v) is 0.793. The normalized spacial score (nSPS) is 16.8. The lowest BCUT2D eigenvalue weighted by atomic mass is 10.2. The van der Waals surface area contributed by atoms with E-state index in [0.29, 0.717) is 6.61 Å². The van der Waals surface area contributed by atoms with Crippen LogP contribution in [0.1, 0.15) is 20.3 Å². The highest BCUT2D eigenvalue weighted by Gasteiger charge is 2.10. The van der Waals surface area contributed by atoms with E-state index >= 15 is 0 Å². The van der Waals surface area contributed by atoms with Gasteiger partial charge in [0.15, 0.2) is 0 Å². The van der Waals surface area contributed by atoms with Crippen LogP contribution >= 0.6 is 0 Å². The van der Waals surface area contributed by atoms with Gasteiger partial charge in [0.05, 0.1) is 18.9 Å². The van der Waals surface area contributed by atoms with Gasteiger partial charge in [-0.15, -0.1) is 0 Å². The molecule has 0 aromatic rings. The topological polar surface area (TPSA) is 29.5 Å². The monoisotopic (exact) mass is 150 g/mol. The molecule has 0 fully saturated rings. The van der Waals surface area contributed by atoms with E-state index in [0.717, 1.165) is 0 Å². The summed E-state index contributed by atoms with van der Waals surface area (Å²) in [6, 6.07) is 0. The molecule has 1 unspecified atom stereocenters. The smallest absolute Gasteiger partial charge is 0.0999 e. The van der Waals surface area contributed by atoms with Gasteiger partial charge in [-0.3, -0.25) is 0 Å². The van der Waals surface area contributed by atoms with Gasteiger partial charge in [-0.2, -0.15) is 0 Å². The van der Waals surface area contributed by atoms with Gasteiger partial charge in [0.25, 0.3) is 0 Å². The fraction of sp³-hybridized carbons (Fsp3) is 1.00. The molecule has 2 atom stereocenters. The third-order valence-electron chi connectivity index (χ3n) is 1.19. The van der Waals surface area contributed by atoms with Crippen LogP contribution in [0.15, 0.2) is 0 Å². The molecule has 62 valence electrons. The summed E-state index contributed by atoms with van der Waals surface area (Å²) in [5.74, 6) is 0. The van der Waals surface area contributed by atoms with Gasteiger partial charge in [-0.1, -0.05) is 0 Å². The van der Waals surface area contributed by atoms with Crippen molar-refractivity contribution in [2.45, 2.75) is 32.5 Å². The van der Waals surface area contributed by atoms with Gasteiger partial charge in [0.1, 0.15) is 0 Å². The van der Waals surface area contributed by atoms with E-state index in [1.54, 1.807) is 0 Å². The Morgan fingerprint density at radius 3 is 2.50 bits per heavy atom. The highest BCUT2D eigenvalue weighted by atomic mass is 19.1. The molecule has 0 rings (SSSR count). The van der Waals surface area contributed by atoms with Crippen LogP contribution in [-0.4, -0.2) is 30.6 Å². The Morgan fingerprint density at radius 1 is 1.60 bits per heavy atom. The lowest BCUT2D eigenvalue weighted by molar-refractivity contribution is 0.00300. The number of hydrogen-bond acceptors (Lipinski definition) is 2. The second-order valence-electron chi connectivity index (χ2n) is 2.28. The number of rotatable bonds is 5. The average Bonchev–Trinajstić information content (AvgIpc) is 1.86. The number of hydrogen-bond donors (Lipinski definition) is 1. The minimum atomic E-state index is -0.899. The van der Waals surface area contributed by atoms with Crippen LogP contribution in [0, 0.1) is 0 Å². The van der Waals surface area contributed by atoms with Crippen molar-refractivity contribution in [3.05, 3.63) is 0 Å². The van der Waals surface area contributed by atoms with Crippen LogP contribution in [0.25, 0.3) is 0 Å². The Labute approximate surface area is 61.0 Å². The first-order valence-corrected chi connectivity index (χ1v) is 3.57. The Hall–Kier alpha value is -0.150. The summed E-state index contributed by atoms with van der Waals surface area (Å²) < 4.78 is 17.3. The molecule has 0 amide bonds. The predicted molar refractivity (Wildman–Crippen MR) is 37.7 cm³/mol. The van der Waals surface area contributed by atoms with Crippen LogP contribution in [0.2, 0.25) is 0 Å². The molecule has 0 saturated heterocycles. The van der Waals surface area contributed by atoms with Gasteiger partial charge < -0.3 is 9.84 Å². The lowest BCUT2D eigenvalue weighted by Gasteiger charge is -2.13. The molecular formula is C7H15FO2. The Morgan fingerprint density at radius 2 is 2.20 bits per heavy atom. The summed E-state index contributed by atoms with van der Waals surface area (Å²) in [5.41, 5.74) is 0. The minimum absolute atomic E-state index is 0.0951. The summed E-state index contributed by atoms with van der Waals surface area (Å²) in [6.07, 6.45) is -0.946. The second-order valence-corrected chi connectivity index (χ2v) is 2.28. The number of aliphatic hydroxyl groups is 1. The summed E-state index contributed by atoms with van der Waals surface area (Å²) in [5, 5.41) is 8.61. The number of aliphatic hydroxyl groups excluding tert-OH is 1. The van der Waals surface area contributed by atoms with Crippen molar-refractivity contribution in [3.8, 4) is 0 Å². The number of halogens is 1. The molecule has 1 N–H and O–H groups in total. The predicted octanol–water partition coefficient (Wildman–Crippen LogP) is 1.13. The zero-order valence-electron chi connectivity index (χ0n) is 6.51. The average molecular weight is 150 g/mol. The Kier molecular flexibility index (Phi) is 5.54. The molecule has 0 aliphatic heterocycles. The van der Waals surface area contributed by atoms with E-state index in [1.807, 2.05) is 6.92 Å². The molecule has 3 heteroatoms. The summed E-state index contributed by atoms with van der Waals surface area (Å²) in [4.78, 5) is 0. The van der Waals surface area contributed by atoms with E-state index in [2.05, 4.69) is 0 Å². The first-order valence-electron chi connectivity index (χ1n) is 3.57. The SMILES string of the molecule is CCO[C@H](CO)CC(C)F. The third kappa shape index (κ3) is 4.70.